The predicted octanol–water partition coefficient (Wildman–Crippen LogP) is 3.33. The Kier molecular flexibility index (Phi) is 7.35. The summed E-state index contributed by atoms with van der Waals surface area (Å²) in [6, 6.07) is 7.24. The number of amides is 1. The fraction of sp³-hybridized carbons (Fsp3) is 0.263. The Morgan fingerprint density at radius 3 is 2.79 bits per heavy atom. The lowest BCUT2D eigenvalue weighted by molar-refractivity contribution is 0.0924. The van der Waals surface area contributed by atoms with E-state index in [0.717, 1.165) is 24.7 Å². The first-order valence-electron chi connectivity index (χ1n) is 8.51. The average molecular weight is 429 g/mol. The van der Waals surface area contributed by atoms with E-state index in [4.69, 9.17) is 0 Å². The van der Waals surface area contributed by atoms with Crippen molar-refractivity contribution in [1.82, 2.24) is 20.0 Å². The van der Waals surface area contributed by atoms with Crippen LogP contribution in [0.25, 0.3) is 5.65 Å². The Morgan fingerprint density at radius 1 is 1.18 bits per heavy atom. The minimum Gasteiger partial charge on any atom is -0.347 e. The molecule has 28 heavy (non-hydrogen) atoms. The average Bonchev–Trinajstić information content (AvgIpc) is 3.12. The third-order valence-electron chi connectivity index (χ3n) is 4.82. The highest BCUT2D eigenvalue weighted by atomic mass is 35.5. The summed E-state index contributed by atoms with van der Waals surface area (Å²) in [5.41, 5.74) is 1.98. The maximum absolute atomic E-state index is 13.6. The summed E-state index contributed by atoms with van der Waals surface area (Å²) in [7, 11) is 0. The number of halogens is 4. The van der Waals surface area contributed by atoms with Crippen LogP contribution in [0, 0.1) is 11.6 Å². The van der Waals surface area contributed by atoms with Gasteiger partial charge in [-0.15, -0.1) is 24.8 Å². The number of hydrogen-bond acceptors (Lipinski definition) is 3. The van der Waals surface area contributed by atoms with Crippen molar-refractivity contribution < 1.29 is 13.6 Å². The predicted molar refractivity (Wildman–Crippen MR) is 108 cm³/mol. The van der Waals surface area contributed by atoms with Crippen molar-refractivity contribution in [1.29, 1.82) is 0 Å². The minimum absolute atomic E-state index is 0. The van der Waals surface area contributed by atoms with Crippen LogP contribution in [0.4, 0.5) is 8.78 Å². The van der Waals surface area contributed by atoms with Gasteiger partial charge in [-0.1, -0.05) is 6.07 Å². The van der Waals surface area contributed by atoms with Gasteiger partial charge in [0.15, 0.2) is 11.6 Å². The summed E-state index contributed by atoms with van der Waals surface area (Å²) < 4.78 is 28.6. The number of benzene rings is 1. The quantitative estimate of drug-likeness (QED) is 0.672. The van der Waals surface area contributed by atoms with Crippen molar-refractivity contribution >= 4 is 36.4 Å². The number of nitrogens with zero attached hydrogens (tertiary/aromatic N) is 2. The van der Waals surface area contributed by atoms with Crippen LogP contribution < -0.4 is 10.6 Å². The lowest BCUT2D eigenvalue weighted by Gasteiger charge is -2.33. The molecular formula is C19H20Cl2F2N4O. The molecule has 1 aromatic carbocycles. The van der Waals surface area contributed by atoms with Crippen molar-refractivity contribution in [3.05, 3.63) is 71.7 Å². The van der Waals surface area contributed by atoms with Crippen molar-refractivity contribution in [2.24, 2.45) is 0 Å². The van der Waals surface area contributed by atoms with Gasteiger partial charge < -0.3 is 15.0 Å². The van der Waals surface area contributed by atoms with Gasteiger partial charge >= 0.3 is 0 Å². The Morgan fingerprint density at radius 2 is 2.00 bits per heavy atom. The molecule has 1 aliphatic heterocycles. The van der Waals surface area contributed by atoms with Crippen molar-refractivity contribution in [3.8, 4) is 0 Å². The first kappa shape index (κ1) is 22.1. The van der Waals surface area contributed by atoms with E-state index >= 15 is 0 Å². The molecule has 2 aromatic heterocycles. The number of nitrogens with one attached hydrogen (secondary N) is 2. The second-order valence-electron chi connectivity index (χ2n) is 6.46. The van der Waals surface area contributed by atoms with Crippen LogP contribution in [0.3, 0.4) is 0 Å². The van der Waals surface area contributed by atoms with Crippen LogP contribution in [0.5, 0.6) is 0 Å². The molecule has 0 aliphatic carbocycles. The van der Waals surface area contributed by atoms with Crippen LogP contribution in [-0.4, -0.2) is 34.4 Å². The molecule has 9 heteroatoms. The number of imidazole rings is 1. The van der Waals surface area contributed by atoms with Crippen LogP contribution in [-0.2, 0) is 0 Å². The number of carbonyl (C=O) groups excluding carboxylic acids is 1. The van der Waals surface area contributed by atoms with E-state index in [1.54, 1.807) is 41.2 Å². The molecule has 5 nitrogen and oxygen atoms in total. The molecule has 150 valence electrons. The molecule has 2 unspecified atom stereocenters. The van der Waals surface area contributed by atoms with Crippen molar-refractivity contribution in [3.63, 3.8) is 0 Å². The Bertz CT molecular complexity index is 966. The van der Waals surface area contributed by atoms with E-state index in [1.807, 2.05) is 0 Å². The zero-order valence-electron chi connectivity index (χ0n) is 14.8. The summed E-state index contributed by atoms with van der Waals surface area (Å²) >= 11 is 0. The Hall–Kier alpha value is -2.22. The molecule has 2 atom stereocenters. The number of hydrogen-bond donors (Lipinski definition) is 2. The number of piperidine rings is 1. The molecule has 1 fully saturated rings. The molecule has 0 spiro atoms. The number of rotatable bonds is 3. The van der Waals surface area contributed by atoms with E-state index in [9.17, 15) is 13.6 Å². The maximum Gasteiger partial charge on any atom is 0.253 e. The number of carbonyl (C=O) groups is 1. The normalized spacial score (nSPS) is 18.8. The number of fused-ring (bicyclic) bond motifs is 1. The van der Waals surface area contributed by atoms with Gasteiger partial charge in [-0.05, 0) is 42.8 Å². The van der Waals surface area contributed by atoms with E-state index < -0.39 is 11.6 Å². The molecule has 1 saturated heterocycles. The van der Waals surface area contributed by atoms with Gasteiger partial charge in [-0.25, -0.2) is 13.8 Å². The first-order chi connectivity index (χ1) is 12.6. The number of aromatic nitrogens is 2. The smallest absolute Gasteiger partial charge is 0.253 e. The molecule has 0 radical (unpaired) electrons. The van der Waals surface area contributed by atoms with Crippen molar-refractivity contribution in [2.75, 3.05) is 13.1 Å². The maximum atomic E-state index is 13.6. The Labute approximate surface area is 173 Å². The summed E-state index contributed by atoms with van der Waals surface area (Å²) in [6.45, 7) is 1.33. The van der Waals surface area contributed by atoms with Crippen LogP contribution >= 0.6 is 24.8 Å². The minimum atomic E-state index is -0.864. The van der Waals surface area contributed by atoms with Gasteiger partial charge in [0.2, 0.25) is 0 Å². The summed E-state index contributed by atoms with van der Waals surface area (Å²) in [5, 5.41) is 6.27. The molecule has 3 heterocycles. The van der Waals surface area contributed by atoms with Gasteiger partial charge in [0.1, 0.15) is 5.65 Å². The molecular weight excluding hydrogens is 409 g/mol. The SMILES string of the molecule is Cl.Cl.O=C(NC1CNCCC1c1ccc(F)c(F)c1)c1ccc2nccn2c1. The fourth-order valence-electron chi connectivity index (χ4n) is 3.46. The Balaban J connectivity index is 0.00000140. The zero-order valence-corrected chi connectivity index (χ0v) is 16.4. The van der Waals surface area contributed by atoms with E-state index in [-0.39, 0.29) is 42.7 Å². The van der Waals surface area contributed by atoms with Crippen LogP contribution in [0.2, 0.25) is 0 Å². The highest BCUT2D eigenvalue weighted by Gasteiger charge is 2.28. The highest BCUT2D eigenvalue weighted by Crippen LogP contribution is 2.27. The first-order valence-corrected chi connectivity index (χ1v) is 8.51. The lowest BCUT2D eigenvalue weighted by Crippen LogP contribution is -2.50. The van der Waals surface area contributed by atoms with E-state index in [2.05, 4.69) is 15.6 Å². The fourth-order valence-corrected chi connectivity index (χ4v) is 3.46. The molecule has 1 amide bonds. The largest absolute Gasteiger partial charge is 0.347 e. The molecule has 0 bridgehead atoms. The zero-order chi connectivity index (χ0) is 18.1. The topological polar surface area (TPSA) is 58.4 Å². The van der Waals surface area contributed by atoms with Gasteiger partial charge in [0.25, 0.3) is 5.91 Å². The lowest BCUT2D eigenvalue weighted by atomic mass is 9.86. The van der Waals surface area contributed by atoms with E-state index in [0.29, 0.717) is 17.7 Å². The van der Waals surface area contributed by atoms with Gasteiger partial charge in [0.05, 0.1) is 5.56 Å². The van der Waals surface area contributed by atoms with Gasteiger partial charge in [-0.2, -0.15) is 0 Å². The summed E-state index contributed by atoms with van der Waals surface area (Å²) in [4.78, 5) is 16.8. The summed E-state index contributed by atoms with van der Waals surface area (Å²) in [6.07, 6.45) is 5.90. The number of pyridine rings is 1. The molecule has 1 aliphatic rings. The third-order valence-corrected chi connectivity index (χ3v) is 4.82. The summed E-state index contributed by atoms with van der Waals surface area (Å²) in [5.74, 6) is -2.01. The van der Waals surface area contributed by atoms with Gasteiger partial charge in [-0.3, -0.25) is 4.79 Å². The van der Waals surface area contributed by atoms with E-state index in [1.165, 1.54) is 6.07 Å². The second kappa shape index (κ2) is 9.32. The van der Waals surface area contributed by atoms with Crippen molar-refractivity contribution in [2.45, 2.75) is 18.4 Å². The van der Waals surface area contributed by atoms with Crippen LogP contribution in [0.1, 0.15) is 28.3 Å². The third kappa shape index (κ3) is 4.43. The molecule has 3 aromatic rings. The standard InChI is InChI=1S/C19H18F2N4O.2ClH/c20-15-3-1-12(9-16(15)21)14-5-6-22-10-17(14)24-19(26)13-2-4-18-23-7-8-25(18)11-13;;/h1-4,7-9,11,14,17,22H,5-6,10H2,(H,24,26);2*1H. The molecule has 4 rings (SSSR count). The van der Waals surface area contributed by atoms with Crippen LogP contribution in [0.15, 0.2) is 48.9 Å². The highest BCUT2D eigenvalue weighted by molar-refractivity contribution is 5.94. The second-order valence-corrected chi connectivity index (χ2v) is 6.46. The molecule has 0 saturated carbocycles. The monoisotopic (exact) mass is 428 g/mol. The van der Waals surface area contributed by atoms with Gasteiger partial charge in [0, 0.05) is 37.1 Å². The molecule has 2 N–H and O–H groups in total.